The van der Waals surface area contributed by atoms with Crippen LogP contribution in [0, 0.1) is 0 Å². The summed E-state index contributed by atoms with van der Waals surface area (Å²) in [4.78, 5) is 37.8. The Balaban J connectivity index is 1.46. The molecule has 1 aliphatic heterocycles. The number of piperazine rings is 1. The summed E-state index contributed by atoms with van der Waals surface area (Å²) in [6.45, 7) is 12.7. The van der Waals surface area contributed by atoms with Gasteiger partial charge in [0.15, 0.2) is 0 Å². The second-order valence-electron chi connectivity index (χ2n) is 8.48. The van der Waals surface area contributed by atoms with Crippen molar-refractivity contribution in [3.05, 3.63) is 53.7 Å². The predicted molar refractivity (Wildman–Crippen MR) is 134 cm³/mol. The van der Waals surface area contributed by atoms with Crippen LogP contribution in [-0.2, 0) is 22.6 Å². The van der Waals surface area contributed by atoms with Crippen LogP contribution in [0.5, 0.6) is 0 Å². The number of pyridine rings is 1. The Morgan fingerprint density at radius 1 is 1.26 bits per heavy atom. The maximum atomic E-state index is 12.7. The maximum absolute atomic E-state index is 12.7. The lowest BCUT2D eigenvalue weighted by atomic mass is 10.2. The van der Waals surface area contributed by atoms with Crippen LogP contribution in [0.15, 0.2) is 48.2 Å². The summed E-state index contributed by atoms with van der Waals surface area (Å²) < 4.78 is 8.84. The van der Waals surface area contributed by atoms with Gasteiger partial charge >= 0.3 is 0 Å². The van der Waals surface area contributed by atoms with Crippen LogP contribution >= 0.6 is 0 Å². The van der Waals surface area contributed by atoms with E-state index < -0.39 is 0 Å². The molecule has 11 nitrogen and oxygen atoms in total. The number of hydrogen-bond acceptors (Lipinski definition) is 8. The van der Waals surface area contributed by atoms with Crippen molar-refractivity contribution < 1.29 is 9.53 Å². The molecule has 0 radical (unpaired) electrons. The van der Waals surface area contributed by atoms with Gasteiger partial charge in [-0.25, -0.2) is 4.98 Å². The SMILES string of the molecule is C=CC(=O)N1CCN(CCn2c(=O)ccc3cnc(Nc4cnn(CCOCC)c4)nc32)[C@@H](C)C1. The highest BCUT2D eigenvalue weighted by atomic mass is 16.5. The van der Waals surface area contributed by atoms with E-state index >= 15 is 0 Å². The molecule has 0 saturated carbocycles. The smallest absolute Gasteiger partial charge is 0.252 e. The van der Waals surface area contributed by atoms with Crippen molar-refractivity contribution in [3.63, 3.8) is 0 Å². The number of amides is 1. The summed E-state index contributed by atoms with van der Waals surface area (Å²) in [5, 5.41) is 8.27. The number of anilines is 2. The minimum Gasteiger partial charge on any atom is -0.380 e. The monoisotopic (exact) mass is 480 g/mol. The van der Waals surface area contributed by atoms with Crippen LogP contribution in [0.1, 0.15) is 13.8 Å². The van der Waals surface area contributed by atoms with E-state index in [1.165, 1.54) is 6.08 Å². The van der Waals surface area contributed by atoms with Gasteiger partial charge in [0.25, 0.3) is 5.56 Å². The lowest BCUT2D eigenvalue weighted by Crippen LogP contribution is -2.54. The summed E-state index contributed by atoms with van der Waals surface area (Å²) in [6, 6.07) is 3.47. The zero-order valence-corrected chi connectivity index (χ0v) is 20.3. The number of nitrogens with zero attached hydrogens (tertiary/aromatic N) is 7. The van der Waals surface area contributed by atoms with Gasteiger partial charge in [0.05, 0.1) is 25.0 Å². The third-order valence-corrected chi connectivity index (χ3v) is 6.14. The van der Waals surface area contributed by atoms with E-state index in [2.05, 4.69) is 38.8 Å². The summed E-state index contributed by atoms with van der Waals surface area (Å²) in [7, 11) is 0. The van der Waals surface area contributed by atoms with E-state index in [1.54, 1.807) is 33.8 Å². The number of hydrogen-bond donors (Lipinski definition) is 1. The minimum absolute atomic E-state index is 0.0432. The average Bonchev–Trinajstić information content (AvgIpc) is 3.30. The van der Waals surface area contributed by atoms with Crippen LogP contribution in [0.3, 0.4) is 0 Å². The van der Waals surface area contributed by atoms with Crippen molar-refractivity contribution in [2.75, 3.05) is 44.7 Å². The summed E-state index contributed by atoms with van der Waals surface area (Å²) in [5.41, 5.74) is 1.22. The van der Waals surface area contributed by atoms with Crippen LogP contribution in [-0.4, -0.2) is 85.5 Å². The molecule has 0 unspecified atom stereocenters. The number of aromatic nitrogens is 5. The molecular weight excluding hydrogens is 448 g/mol. The molecule has 1 amide bonds. The first-order valence-electron chi connectivity index (χ1n) is 11.9. The van der Waals surface area contributed by atoms with E-state index in [0.717, 1.165) is 17.6 Å². The fourth-order valence-corrected chi connectivity index (χ4v) is 4.21. The molecule has 1 atom stereocenters. The van der Waals surface area contributed by atoms with Gasteiger partial charge in [0, 0.05) is 69.2 Å². The molecule has 1 saturated heterocycles. The van der Waals surface area contributed by atoms with Crippen LogP contribution < -0.4 is 10.9 Å². The molecule has 35 heavy (non-hydrogen) atoms. The molecule has 3 aromatic rings. The molecule has 4 heterocycles. The molecule has 1 N–H and O–H groups in total. The molecule has 186 valence electrons. The van der Waals surface area contributed by atoms with Gasteiger partial charge < -0.3 is 15.0 Å². The molecule has 0 bridgehead atoms. The quantitative estimate of drug-likeness (QED) is 0.343. The lowest BCUT2D eigenvalue weighted by molar-refractivity contribution is -0.128. The third kappa shape index (κ3) is 5.92. The normalized spacial score (nSPS) is 16.5. The second-order valence-corrected chi connectivity index (χ2v) is 8.48. The van der Waals surface area contributed by atoms with Crippen molar-refractivity contribution in [1.29, 1.82) is 0 Å². The Kier molecular flexibility index (Phi) is 7.88. The van der Waals surface area contributed by atoms with Gasteiger partial charge in [-0.2, -0.15) is 10.1 Å². The van der Waals surface area contributed by atoms with Crippen molar-refractivity contribution >= 4 is 28.6 Å². The van der Waals surface area contributed by atoms with Crippen LogP contribution in [0.25, 0.3) is 11.0 Å². The summed E-state index contributed by atoms with van der Waals surface area (Å²) in [5.74, 6) is 0.351. The first-order valence-corrected chi connectivity index (χ1v) is 11.9. The van der Waals surface area contributed by atoms with Gasteiger partial charge in [-0.1, -0.05) is 6.58 Å². The molecule has 11 heteroatoms. The van der Waals surface area contributed by atoms with E-state index in [1.807, 2.05) is 18.0 Å². The Morgan fingerprint density at radius 3 is 2.89 bits per heavy atom. The number of ether oxygens (including phenoxy) is 1. The fraction of sp³-hybridized carbons (Fsp3) is 0.458. The highest BCUT2D eigenvalue weighted by Gasteiger charge is 2.25. The predicted octanol–water partition coefficient (Wildman–Crippen LogP) is 1.49. The van der Waals surface area contributed by atoms with Gasteiger partial charge in [-0.05, 0) is 26.0 Å². The molecule has 1 fully saturated rings. The number of nitrogens with one attached hydrogen (secondary N) is 1. The maximum Gasteiger partial charge on any atom is 0.252 e. The second kappa shape index (κ2) is 11.2. The highest BCUT2D eigenvalue weighted by Crippen LogP contribution is 2.16. The van der Waals surface area contributed by atoms with Crippen LogP contribution in [0.2, 0.25) is 0 Å². The van der Waals surface area contributed by atoms with Gasteiger partial charge in [-0.15, -0.1) is 0 Å². The van der Waals surface area contributed by atoms with Gasteiger partial charge in [0.1, 0.15) is 5.65 Å². The minimum atomic E-state index is -0.112. The van der Waals surface area contributed by atoms with Crippen LogP contribution in [0.4, 0.5) is 11.6 Å². The Hall–Kier alpha value is -3.57. The molecule has 3 aromatic heterocycles. The summed E-state index contributed by atoms with van der Waals surface area (Å²) in [6.07, 6.45) is 6.64. The van der Waals surface area contributed by atoms with Crippen molar-refractivity contribution in [2.45, 2.75) is 33.0 Å². The third-order valence-electron chi connectivity index (χ3n) is 6.14. The zero-order valence-electron chi connectivity index (χ0n) is 20.3. The number of rotatable bonds is 10. The average molecular weight is 481 g/mol. The van der Waals surface area contributed by atoms with Gasteiger partial charge in [-0.3, -0.25) is 23.7 Å². The van der Waals surface area contributed by atoms with Gasteiger partial charge in [0.2, 0.25) is 11.9 Å². The van der Waals surface area contributed by atoms with Crippen molar-refractivity contribution in [3.8, 4) is 0 Å². The van der Waals surface area contributed by atoms with E-state index in [0.29, 0.717) is 57.5 Å². The molecule has 4 rings (SSSR count). The first-order chi connectivity index (χ1) is 17.0. The number of fused-ring (bicyclic) bond motifs is 1. The number of carbonyl (C=O) groups is 1. The Labute approximate surface area is 204 Å². The summed E-state index contributed by atoms with van der Waals surface area (Å²) >= 11 is 0. The topological polar surface area (TPSA) is 110 Å². The molecular formula is C24H32N8O3. The van der Waals surface area contributed by atoms with E-state index in [9.17, 15) is 9.59 Å². The fourth-order valence-electron chi connectivity index (χ4n) is 4.21. The molecule has 1 aliphatic rings. The zero-order chi connectivity index (χ0) is 24.8. The molecule has 0 aromatic carbocycles. The first kappa shape index (κ1) is 24.6. The van der Waals surface area contributed by atoms with E-state index in [4.69, 9.17) is 4.74 Å². The van der Waals surface area contributed by atoms with Crippen molar-refractivity contribution in [2.24, 2.45) is 0 Å². The largest absolute Gasteiger partial charge is 0.380 e. The van der Waals surface area contributed by atoms with Crippen molar-refractivity contribution in [1.82, 2.24) is 34.1 Å². The number of carbonyl (C=O) groups excluding carboxylic acids is 1. The molecule has 0 spiro atoms. The standard InChI is InChI=1S/C24H32N8O3/c1-4-21(33)30-9-8-29(18(3)16-30)10-11-32-22(34)7-6-19-14-25-24(28-23(19)32)27-20-15-26-31(17-20)12-13-35-5-2/h4,6-7,14-15,17-18H,1,5,8-13,16H2,2-3H3,(H,25,27,28)/t18-/m0/s1. The Bertz CT molecular complexity index is 1240. The highest BCUT2D eigenvalue weighted by molar-refractivity contribution is 5.87. The Morgan fingerprint density at radius 2 is 2.11 bits per heavy atom. The molecule has 0 aliphatic carbocycles. The lowest BCUT2D eigenvalue weighted by Gasteiger charge is -2.39. The van der Waals surface area contributed by atoms with E-state index in [-0.39, 0.29) is 17.5 Å².